The van der Waals surface area contributed by atoms with Crippen LogP contribution in [0.15, 0.2) is 54.7 Å². The van der Waals surface area contributed by atoms with Crippen molar-refractivity contribution in [3.63, 3.8) is 0 Å². The highest BCUT2D eigenvalue weighted by molar-refractivity contribution is 6.14. The SMILES string of the molecule is CC(C)(C)c1ccc(C2(C)NC(=O)N(CC(=O)c3c[nH]c4ccccc34)C2=O)cc1. The number of Topliss-reactive ketones (excluding diaryl/α,β-unsaturated/α-hetero) is 1. The van der Waals surface area contributed by atoms with E-state index in [1.165, 1.54) is 0 Å². The second-order valence-electron chi connectivity index (χ2n) is 8.94. The van der Waals surface area contributed by atoms with Gasteiger partial charge >= 0.3 is 6.03 Å². The number of amides is 3. The quantitative estimate of drug-likeness (QED) is 0.508. The third kappa shape index (κ3) is 3.18. The van der Waals surface area contributed by atoms with Gasteiger partial charge in [-0.1, -0.05) is 63.2 Å². The zero-order valence-electron chi connectivity index (χ0n) is 17.6. The van der Waals surface area contributed by atoms with Crippen LogP contribution in [0.1, 0.15) is 49.2 Å². The van der Waals surface area contributed by atoms with Crippen LogP contribution in [0.3, 0.4) is 0 Å². The van der Waals surface area contributed by atoms with Gasteiger partial charge in [0.05, 0.1) is 6.54 Å². The first-order chi connectivity index (χ1) is 14.1. The molecule has 1 aliphatic heterocycles. The number of hydrogen-bond donors (Lipinski definition) is 2. The second-order valence-corrected chi connectivity index (χ2v) is 8.94. The Bertz CT molecular complexity index is 1150. The molecule has 6 heteroatoms. The number of H-pyrrole nitrogens is 1. The fourth-order valence-corrected chi connectivity index (χ4v) is 3.87. The molecule has 0 saturated carbocycles. The van der Waals surface area contributed by atoms with Crippen molar-refractivity contribution in [2.75, 3.05) is 6.54 Å². The van der Waals surface area contributed by atoms with Crippen LogP contribution in [0.5, 0.6) is 0 Å². The molecule has 1 saturated heterocycles. The maximum absolute atomic E-state index is 13.2. The molecule has 0 bridgehead atoms. The summed E-state index contributed by atoms with van der Waals surface area (Å²) in [7, 11) is 0. The minimum absolute atomic E-state index is 0.0137. The van der Waals surface area contributed by atoms with Gasteiger partial charge in [-0.05, 0) is 29.5 Å². The zero-order valence-corrected chi connectivity index (χ0v) is 17.6. The number of nitrogens with zero attached hydrogens (tertiary/aromatic N) is 1. The minimum Gasteiger partial charge on any atom is -0.360 e. The number of carbonyl (C=O) groups is 3. The smallest absolute Gasteiger partial charge is 0.325 e. The van der Waals surface area contributed by atoms with Crippen molar-refractivity contribution in [1.82, 2.24) is 15.2 Å². The predicted octanol–water partition coefficient (Wildman–Crippen LogP) is 4.12. The number of para-hydroxylation sites is 1. The molecule has 0 spiro atoms. The van der Waals surface area contributed by atoms with Gasteiger partial charge in [0, 0.05) is 22.7 Å². The van der Waals surface area contributed by atoms with Gasteiger partial charge < -0.3 is 10.3 Å². The van der Waals surface area contributed by atoms with E-state index >= 15 is 0 Å². The maximum atomic E-state index is 13.2. The minimum atomic E-state index is -1.20. The van der Waals surface area contributed by atoms with Crippen molar-refractivity contribution in [3.8, 4) is 0 Å². The van der Waals surface area contributed by atoms with Crippen LogP contribution in [0.2, 0.25) is 0 Å². The Morgan fingerprint density at radius 1 is 1.03 bits per heavy atom. The highest BCUT2D eigenvalue weighted by Crippen LogP contribution is 2.31. The van der Waals surface area contributed by atoms with Crippen molar-refractivity contribution in [2.24, 2.45) is 0 Å². The Morgan fingerprint density at radius 2 is 1.70 bits per heavy atom. The van der Waals surface area contributed by atoms with Gasteiger partial charge in [-0.25, -0.2) is 4.79 Å². The number of fused-ring (bicyclic) bond motifs is 1. The summed E-state index contributed by atoms with van der Waals surface area (Å²) in [5, 5.41) is 3.54. The fraction of sp³-hybridized carbons (Fsp3) is 0.292. The molecular weight excluding hydrogens is 378 g/mol. The fourth-order valence-electron chi connectivity index (χ4n) is 3.87. The summed E-state index contributed by atoms with van der Waals surface area (Å²) in [5.41, 5.74) is 1.92. The Morgan fingerprint density at radius 3 is 2.37 bits per heavy atom. The van der Waals surface area contributed by atoms with Crippen LogP contribution in [-0.2, 0) is 15.7 Å². The van der Waals surface area contributed by atoms with E-state index in [9.17, 15) is 14.4 Å². The van der Waals surface area contributed by atoms with E-state index in [0.717, 1.165) is 21.4 Å². The Labute approximate surface area is 175 Å². The molecular formula is C24H25N3O3. The molecule has 1 aromatic heterocycles. The number of carbonyl (C=O) groups excluding carboxylic acids is 3. The Kier molecular flexibility index (Phi) is 4.53. The van der Waals surface area contributed by atoms with Crippen molar-refractivity contribution < 1.29 is 14.4 Å². The van der Waals surface area contributed by atoms with E-state index in [2.05, 4.69) is 31.1 Å². The second kappa shape index (κ2) is 6.83. The number of aromatic amines is 1. The maximum Gasteiger partial charge on any atom is 0.325 e. The topological polar surface area (TPSA) is 82.3 Å². The summed E-state index contributed by atoms with van der Waals surface area (Å²) in [4.78, 5) is 42.7. The lowest BCUT2D eigenvalue weighted by Gasteiger charge is -2.24. The van der Waals surface area contributed by atoms with Crippen LogP contribution in [0.25, 0.3) is 10.9 Å². The molecule has 154 valence electrons. The number of rotatable bonds is 4. The van der Waals surface area contributed by atoms with E-state index in [4.69, 9.17) is 0 Å². The molecule has 30 heavy (non-hydrogen) atoms. The van der Waals surface area contributed by atoms with E-state index in [1.807, 2.05) is 48.5 Å². The molecule has 3 amide bonds. The van der Waals surface area contributed by atoms with E-state index in [1.54, 1.807) is 13.1 Å². The zero-order chi connectivity index (χ0) is 21.7. The number of benzene rings is 2. The number of urea groups is 1. The largest absolute Gasteiger partial charge is 0.360 e. The van der Waals surface area contributed by atoms with E-state index in [0.29, 0.717) is 11.1 Å². The van der Waals surface area contributed by atoms with Gasteiger partial charge in [0.1, 0.15) is 5.54 Å². The molecule has 1 fully saturated rings. The lowest BCUT2D eigenvalue weighted by Crippen LogP contribution is -2.41. The molecule has 6 nitrogen and oxygen atoms in total. The number of imide groups is 1. The molecule has 1 atom stereocenters. The van der Waals surface area contributed by atoms with E-state index in [-0.39, 0.29) is 17.7 Å². The molecule has 2 aromatic carbocycles. The Hall–Kier alpha value is -3.41. The average Bonchev–Trinajstić information content (AvgIpc) is 3.23. The number of ketones is 1. The van der Waals surface area contributed by atoms with Gasteiger partial charge in [0.15, 0.2) is 5.78 Å². The highest BCUT2D eigenvalue weighted by Gasteiger charge is 2.49. The first kappa shape index (κ1) is 19.9. The molecule has 1 unspecified atom stereocenters. The first-order valence-corrected chi connectivity index (χ1v) is 9.96. The molecule has 1 aliphatic rings. The highest BCUT2D eigenvalue weighted by atomic mass is 16.2. The molecule has 2 N–H and O–H groups in total. The summed E-state index contributed by atoms with van der Waals surface area (Å²) in [6.07, 6.45) is 1.62. The lowest BCUT2D eigenvalue weighted by molar-refractivity contribution is -0.130. The van der Waals surface area contributed by atoms with Crippen molar-refractivity contribution >= 4 is 28.6 Å². The van der Waals surface area contributed by atoms with Gasteiger partial charge in [-0.3, -0.25) is 14.5 Å². The molecule has 0 radical (unpaired) electrons. The van der Waals surface area contributed by atoms with Gasteiger partial charge in [-0.15, -0.1) is 0 Å². The Balaban J connectivity index is 1.58. The number of aromatic nitrogens is 1. The lowest BCUT2D eigenvalue weighted by atomic mass is 9.84. The molecule has 0 aliphatic carbocycles. The van der Waals surface area contributed by atoms with Crippen LogP contribution in [0, 0.1) is 0 Å². The van der Waals surface area contributed by atoms with Gasteiger partial charge in [-0.2, -0.15) is 0 Å². The average molecular weight is 403 g/mol. The molecule has 2 heterocycles. The third-order valence-electron chi connectivity index (χ3n) is 5.79. The summed E-state index contributed by atoms with van der Waals surface area (Å²) < 4.78 is 0. The van der Waals surface area contributed by atoms with Crippen LogP contribution < -0.4 is 5.32 Å². The van der Waals surface area contributed by atoms with Crippen LogP contribution in [-0.4, -0.2) is 34.2 Å². The molecule has 4 rings (SSSR count). The van der Waals surface area contributed by atoms with Crippen LogP contribution in [0.4, 0.5) is 4.79 Å². The van der Waals surface area contributed by atoms with Gasteiger partial charge in [0.2, 0.25) is 0 Å². The monoisotopic (exact) mass is 403 g/mol. The van der Waals surface area contributed by atoms with Gasteiger partial charge in [0.25, 0.3) is 5.91 Å². The summed E-state index contributed by atoms with van der Waals surface area (Å²) >= 11 is 0. The number of hydrogen-bond acceptors (Lipinski definition) is 3. The predicted molar refractivity (Wildman–Crippen MR) is 115 cm³/mol. The first-order valence-electron chi connectivity index (χ1n) is 9.96. The summed E-state index contributed by atoms with van der Waals surface area (Å²) in [5.74, 6) is -0.715. The summed E-state index contributed by atoms with van der Waals surface area (Å²) in [6, 6.07) is 14.5. The number of nitrogens with one attached hydrogen (secondary N) is 2. The standard InChI is InChI=1S/C24H25N3O3/c1-23(2,3)15-9-11-16(12-10-15)24(4)21(29)27(22(30)26-24)14-20(28)18-13-25-19-8-6-5-7-17(18)19/h5-13,25H,14H2,1-4H3,(H,26,30). The third-order valence-corrected chi connectivity index (χ3v) is 5.79. The summed E-state index contributed by atoms with van der Waals surface area (Å²) in [6.45, 7) is 7.72. The normalized spacial score (nSPS) is 19.4. The van der Waals surface area contributed by atoms with Crippen molar-refractivity contribution in [2.45, 2.75) is 38.6 Å². The molecule has 3 aromatic rings. The van der Waals surface area contributed by atoms with Crippen molar-refractivity contribution in [1.29, 1.82) is 0 Å². The van der Waals surface area contributed by atoms with E-state index < -0.39 is 17.5 Å². The van der Waals surface area contributed by atoms with Crippen LogP contribution >= 0.6 is 0 Å². The van der Waals surface area contributed by atoms with Crippen molar-refractivity contribution in [3.05, 3.63) is 71.4 Å².